The van der Waals surface area contributed by atoms with Gasteiger partial charge in [-0.15, -0.1) is 0 Å². The summed E-state index contributed by atoms with van der Waals surface area (Å²) in [6.45, 7) is 18.1. The highest BCUT2D eigenvalue weighted by atomic mass is 15.4. The third kappa shape index (κ3) is 3.32. The number of rotatable bonds is 2. The van der Waals surface area contributed by atoms with Crippen LogP contribution in [0.2, 0.25) is 0 Å². The van der Waals surface area contributed by atoms with Crippen molar-refractivity contribution in [2.24, 2.45) is 0 Å². The minimum absolute atomic E-state index is 0.0984. The molecule has 5 aromatic rings. The average molecular weight is 514 g/mol. The summed E-state index contributed by atoms with van der Waals surface area (Å²) in [6.07, 6.45) is 0. The van der Waals surface area contributed by atoms with Crippen LogP contribution in [0.4, 0.5) is 11.6 Å². The number of anilines is 2. The Morgan fingerprint density at radius 1 is 0.615 bits per heavy atom. The fraction of sp³-hybridized carbons (Fsp3) is 0.306. The molecule has 0 atom stereocenters. The summed E-state index contributed by atoms with van der Waals surface area (Å²) in [6, 6.07) is 33.0. The van der Waals surface area contributed by atoms with Crippen molar-refractivity contribution in [3.63, 3.8) is 0 Å². The molecule has 0 bridgehead atoms. The normalized spacial score (nSPS) is 17.3. The molecule has 39 heavy (non-hydrogen) atoms. The van der Waals surface area contributed by atoms with Gasteiger partial charge in [0.15, 0.2) is 0 Å². The number of aromatic nitrogens is 2. The lowest BCUT2D eigenvalue weighted by Crippen LogP contribution is -2.50. The fourth-order valence-electron chi connectivity index (χ4n) is 6.78. The molecule has 0 unspecified atom stereocenters. The number of imidazole rings is 1. The second-order valence-corrected chi connectivity index (χ2v) is 12.1. The molecule has 1 aromatic heterocycles. The van der Waals surface area contributed by atoms with E-state index in [1.165, 1.54) is 44.6 Å². The summed E-state index contributed by atoms with van der Waals surface area (Å²) in [4.78, 5) is 7.94. The van der Waals surface area contributed by atoms with Crippen molar-refractivity contribution < 1.29 is 0 Å². The third-order valence-corrected chi connectivity index (χ3v) is 9.35. The lowest BCUT2D eigenvalue weighted by molar-refractivity contribution is 0.253. The van der Waals surface area contributed by atoms with Crippen LogP contribution >= 0.6 is 0 Å². The van der Waals surface area contributed by atoms with E-state index < -0.39 is 0 Å². The summed E-state index contributed by atoms with van der Waals surface area (Å²) in [7, 11) is 0. The molecule has 2 heterocycles. The molecule has 0 fully saturated rings. The van der Waals surface area contributed by atoms with Crippen LogP contribution in [0.1, 0.15) is 66.5 Å². The zero-order chi connectivity index (χ0) is 27.7. The maximum Gasteiger partial charge on any atom is 0.212 e. The second kappa shape index (κ2) is 8.58. The summed E-state index contributed by atoms with van der Waals surface area (Å²) >= 11 is 0. The van der Waals surface area contributed by atoms with E-state index >= 15 is 0 Å². The Bertz CT molecular complexity index is 1700. The van der Waals surface area contributed by atoms with E-state index in [-0.39, 0.29) is 16.5 Å². The van der Waals surface area contributed by atoms with Crippen molar-refractivity contribution in [2.45, 2.75) is 71.9 Å². The van der Waals surface area contributed by atoms with Crippen molar-refractivity contribution in [3.05, 3.63) is 102 Å². The van der Waals surface area contributed by atoms with Crippen molar-refractivity contribution in [1.29, 1.82) is 0 Å². The lowest BCUT2D eigenvalue weighted by atomic mass is 9.81. The summed E-state index contributed by atoms with van der Waals surface area (Å²) < 4.78 is 2.48. The smallest absolute Gasteiger partial charge is 0.212 e. The standard InChI is InChI=1S/C34H33N3.C2H6/c1-32(2)27-18-11-10-17-25(27)26-19-20-28-30(29(26)32)35-31-36(33(3,4)34(5,6)37(28)31)24-16-12-15-23(21-24)22-13-8-7-9-14-22;1-2/h7-21H,1-6H3;1-2H3. The Kier molecular flexibility index (Phi) is 5.59. The first-order valence-electron chi connectivity index (χ1n) is 14.3. The third-order valence-electron chi connectivity index (χ3n) is 9.35. The molecule has 0 saturated carbocycles. The van der Waals surface area contributed by atoms with Gasteiger partial charge in [-0.3, -0.25) is 0 Å². The first-order valence-corrected chi connectivity index (χ1v) is 14.3. The number of nitrogens with zero attached hydrogens (tertiary/aromatic N) is 3. The van der Waals surface area contributed by atoms with E-state index in [1.54, 1.807) is 0 Å². The van der Waals surface area contributed by atoms with Crippen molar-refractivity contribution >= 4 is 22.7 Å². The summed E-state index contributed by atoms with van der Waals surface area (Å²) in [5.41, 5.74) is 10.9. The molecule has 3 heteroatoms. The fourth-order valence-corrected chi connectivity index (χ4v) is 6.78. The van der Waals surface area contributed by atoms with Crippen LogP contribution in [0, 0.1) is 0 Å². The highest BCUT2D eigenvalue weighted by Crippen LogP contribution is 2.56. The van der Waals surface area contributed by atoms with Gasteiger partial charge in [0, 0.05) is 11.1 Å². The monoisotopic (exact) mass is 513 g/mol. The van der Waals surface area contributed by atoms with Gasteiger partial charge in [0.25, 0.3) is 0 Å². The van der Waals surface area contributed by atoms with Crippen molar-refractivity contribution in [3.8, 4) is 22.3 Å². The first-order chi connectivity index (χ1) is 18.6. The maximum atomic E-state index is 5.48. The van der Waals surface area contributed by atoms with Gasteiger partial charge in [-0.25, -0.2) is 4.98 Å². The van der Waals surface area contributed by atoms with Crippen LogP contribution in [0.3, 0.4) is 0 Å². The van der Waals surface area contributed by atoms with E-state index in [0.717, 1.165) is 11.5 Å². The Balaban J connectivity index is 0.00000135. The molecule has 1 aliphatic carbocycles. The van der Waals surface area contributed by atoms with Crippen LogP contribution in [0.25, 0.3) is 33.3 Å². The Morgan fingerprint density at radius 3 is 2.03 bits per heavy atom. The highest BCUT2D eigenvalue weighted by Gasteiger charge is 2.54. The molecular formula is C36H39N3. The molecule has 198 valence electrons. The molecule has 0 radical (unpaired) electrons. The number of hydrogen-bond acceptors (Lipinski definition) is 2. The van der Waals surface area contributed by atoms with Gasteiger partial charge < -0.3 is 9.47 Å². The second-order valence-electron chi connectivity index (χ2n) is 12.1. The molecule has 3 nitrogen and oxygen atoms in total. The van der Waals surface area contributed by atoms with Crippen LogP contribution < -0.4 is 4.90 Å². The molecule has 7 rings (SSSR count). The largest absolute Gasteiger partial charge is 0.304 e. The lowest BCUT2D eigenvalue weighted by Gasteiger charge is -2.41. The Hall–Kier alpha value is -3.85. The van der Waals surface area contributed by atoms with Gasteiger partial charge in [0.05, 0.1) is 22.1 Å². The molecule has 2 aliphatic rings. The van der Waals surface area contributed by atoms with Crippen LogP contribution in [0.5, 0.6) is 0 Å². The minimum atomic E-state index is -0.184. The van der Waals surface area contributed by atoms with Crippen LogP contribution in [-0.4, -0.2) is 15.1 Å². The number of fused-ring (bicyclic) bond motifs is 7. The Labute approximate surface area is 233 Å². The molecule has 0 N–H and O–H groups in total. The SMILES string of the molecule is CC.CC1(C)c2ccccc2-c2ccc3c(nc4n3C(C)(C)C(C)(C)N4c3cccc(-c4ccccc4)c3)c21. The van der Waals surface area contributed by atoms with Gasteiger partial charge >= 0.3 is 0 Å². The predicted octanol–water partition coefficient (Wildman–Crippen LogP) is 9.70. The van der Waals surface area contributed by atoms with Crippen LogP contribution in [-0.2, 0) is 11.0 Å². The van der Waals surface area contributed by atoms with Gasteiger partial charge in [0.2, 0.25) is 5.95 Å². The van der Waals surface area contributed by atoms with Gasteiger partial charge in [0.1, 0.15) is 0 Å². The van der Waals surface area contributed by atoms with E-state index in [2.05, 4.69) is 142 Å². The Morgan fingerprint density at radius 2 is 1.28 bits per heavy atom. The first kappa shape index (κ1) is 25.4. The molecule has 0 spiro atoms. The molecule has 0 saturated heterocycles. The highest BCUT2D eigenvalue weighted by molar-refractivity contribution is 5.96. The quantitative estimate of drug-likeness (QED) is 0.234. The predicted molar refractivity (Wildman–Crippen MR) is 166 cm³/mol. The minimum Gasteiger partial charge on any atom is -0.304 e. The van der Waals surface area contributed by atoms with E-state index in [0.29, 0.717) is 0 Å². The van der Waals surface area contributed by atoms with Gasteiger partial charge in [-0.2, -0.15) is 0 Å². The topological polar surface area (TPSA) is 21.1 Å². The molecular weight excluding hydrogens is 474 g/mol. The average Bonchev–Trinajstić information content (AvgIpc) is 3.48. The molecule has 0 amide bonds. The summed E-state index contributed by atoms with van der Waals surface area (Å²) in [5, 5.41) is 0. The van der Waals surface area contributed by atoms with Crippen LogP contribution in [0.15, 0.2) is 91.0 Å². The zero-order valence-corrected chi connectivity index (χ0v) is 24.5. The van der Waals surface area contributed by atoms with Gasteiger partial charge in [-0.05, 0) is 79.3 Å². The number of hydrogen-bond donors (Lipinski definition) is 0. The molecule has 1 aliphatic heterocycles. The summed E-state index contributed by atoms with van der Waals surface area (Å²) in [5.74, 6) is 1.02. The van der Waals surface area contributed by atoms with Crippen molar-refractivity contribution in [1.82, 2.24) is 9.55 Å². The van der Waals surface area contributed by atoms with E-state index in [1.807, 2.05) is 13.8 Å². The van der Waals surface area contributed by atoms with E-state index in [9.17, 15) is 0 Å². The molecule has 4 aromatic carbocycles. The van der Waals surface area contributed by atoms with Gasteiger partial charge in [-0.1, -0.05) is 100 Å². The zero-order valence-electron chi connectivity index (χ0n) is 24.5. The van der Waals surface area contributed by atoms with Crippen molar-refractivity contribution in [2.75, 3.05) is 4.90 Å². The number of benzene rings is 4. The maximum absolute atomic E-state index is 5.48. The van der Waals surface area contributed by atoms with E-state index in [4.69, 9.17) is 4.98 Å².